The van der Waals surface area contributed by atoms with Crippen molar-refractivity contribution in [1.82, 2.24) is 14.9 Å². The van der Waals surface area contributed by atoms with Crippen LogP contribution in [0.3, 0.4) is 0 Å². The molecule has 0 unspecified atom stereocenters. The van der Waals surface area contributed by atoms with E-state index in [0.29, 0.717) is 29.9 Å². The summed E-state index contributed by atoms with van der Waals surface area (Å²) < 4.78 is 20.9. The van der Waals surface area contributed by atoms with Crippen molar-refractivity contribution in [3.05, 3.63) is 95.1 Å². The molecule has 7 heteroatoms. The van der Waals surface area contributed by atoms with E-state index in [0.717, 1.165) is 47.1 Å². The fraction of sp³-hybridized carbons (Fsp3) is 0.167. The summed E-state index contributed by atoms with van der Waals surface area (Å²) in [6, 6.07) is 16.2. The van der Waals surface area contributed by atoms with E-state index in [1.807, 2.05) is 42.7 Å². The first kappa shape index (κ1) is 23.0. The summed E-state index contributed by atoms with van der Waals surface area (Å²) in [5.74, 6) is 4.53. The van der Waals surface area contributed by atoms with E-state index in [-0.39, 0.29) is 11.1 Å². The van der Waals surface area contributed by atoms with Gasteiger partial charge in [-0.3, -0.25) is 4.90 Å². The van der Waals surface area contributed by atoms with Crippen LogP contribution in [-0.4, -0.2) is 52.2 Å². The Morgan fingerprint density at radius 2 is 1.86 bits per heavy atom. The average Bonchev–Trinajstić information content (AvgIpc) is 3.55. The number of fused-ring (bicyclic) bond motifs is 2. The molecular formula is C30H24FN3O3. The van der Waals surface area contributed by atoms with Gasteiger partial charge in [0.25, 0.3) is 0 Å². The molecular weight excluding hydrogens is 469 g/mol. The first-order chi connectivity index (χ1) is 18.1. The minimum Gasteiger partial charge on any atom is -0.478 e. The van der Waals surface area contributed by atoms with Crippen molar-refractivity contribution in [1.29, 1.82) is 0 Å². The van der Waals surface area contributed by atoms with Crippen molar-refractivity contribution in [3.63, 3.8) is 0 Å². The zero-order chi connectivity index (χ0) is 25.4. The quantitative estimate of drug-likeness (QED) is 0.294. The largest absolute Gasteiger partial charge is 0.478 e. The molecule has 184 valence electrons. The maximum absolute atomic E-state index is 15.5. The molecule has 5 aromatic rings. The minimum atomic E-state index is -1.04. The lowest BCUT2D eigenvalue weighted by molar-refractivity contribution is 0.0343. The van der Waals surface area contributed by atoms with Crippen molar-refractivity contribution in [2.45, 2.75) is 6.54 Å². The van der Waals surface area contributed by atoms with Gasteiger partial charge >= 0.3 is 5.97 Å². The normalized spacial score (nSPS) is 14.1. The molecule has 0 spiro atoms. The Morgan fingerprint density at radius 1 is 1.03 bits per heavy atom. The Morgan fingerprint density at radius 3 is 2.70 bits per heavy atom. The van der Waals surface area contributed by atoms with Gasteiger partial charge in [-0.2, -0.15) is 0 Å². The number of carboxylic acid groups (broad SMARTS) is 1. The van der Waals surface area contributed by atoms with Crippen LogP contribution < -0.4 is 0 Å². The van der Waals surface area contributed by atoms with Gasteiger partial charge in [-0.05, 0) is 46.8 Å². The van der Waals surface area contributed by atoms with Crippen molar-refractivity contribution < 1.29 is 19.0 Å². The maximum atomic E-state index is 15.5. The van der Waals surface area contributed by atoms with Crippen LogP contribution in [0.25, 0.3) is 32.9 Å². The van der Waals surface area contributed by atoms with Gasteiger partial charge in [-0.15, -0.1) is 0 Å². The molecule has 3 N–H and O–H groups in total. The van der Waals surface area contributed by atoms with Gasteiger partial charge in [0, 0.05) is 54.1 Å². The van der Waals surface area contributed by atoms with Crippen molar-refractivity contribution in [2.24, 2.45) is 0 Å². The lowest BCUT2D eigenvalue weighted by atomic mass is 9.93. The van der Waals surface area contributed by atoms with E-state index in [1.165, 1.54) is 0 Å². The Bertz CT molecular complexity index is 1700. The Labute approximate surface area is 212 Å². The van der Waals surface area contributed by atoms with Gasteiger partial charge in [-0.25, -0.2) is 9.18 Å². The average molecular weight is 494 g/mol. The van der Waals surface area contributed by atoms with Crippen molar-refractivity contribution >= 4 is 27.8 Å². The molecule has 37 heavy (non-hydrogen) atoms. The number of hydrogen-bond acceptors (Lipinski definition) is 3. The van der Waals surface area contributed by atoms with Gasteiger partial charge < -0.3 is 19.8 Å². The second-order valence-corrected chi connectivity index (χ2v) is 9.12. The number of aromatic amines is 2. The molecule has 3 aromatic carbocycles. The first-order valence-electron chi connectivity index (χ1n) is 12.1. The van der Waals surface area contributed by atoms with Crippen LogP contribution >= 0.6 is 0 Å². The molecule has 0 aliphatic carbocycles. The zero-order valence-electron chi connectivity index (χ0n) is 20.0. The van der Waals surface area contributed by atoms with Gasteiger partial charge in [0.15, 0.2) is 5.82 Å². The fourth-order valence-corrected chi connectivity index (χ4v) is 4.93. The predicted molar refractivity (Wildman–Crippen MR) is 141 cm³/mol. The van der Waals surface area contributed by atoms with Gasteiger partial charge in [0.2, 0.25) is 0 Å². The molecule has 2 aromatic heterocycles. The minimum absolute atomic E-state index is 0.144. The zero-order valence-corrected chi connectivity index (χ0v) is 20.0. The summed E-state index contributed by atoms with van der Waals surface area (Å²) >= 11 is 0. The van der Waals surface area contributed by atoms with Crippen LogP contribution in [0.1, 0.15) is 27.0 Å². The van der Waals surface area contributed by atoms with E-state index < -0.39 is 11.8 Å². The van der Waals surface area contributed by atoms with E-state index in [4.69, 9.17) is 4.74 Å². The van der Waals surface area contributed by atoms with E-state index in [2.05, 4.69) is 26.7 Å². The van der Waals surface area contributed by atoms with Gasteiger partial charge in [0.1, 0.15) is 0 Å². The van der Waals surface area contributed by atoms with E-state index in [9.17, 15) is 9.90 Å². The van der Waals surface area contributed by atoms with Crippen LogP contribution in [0.2, 0.25) is 0 Å². The van der Waals surface area contributed by atoms with E-state index in [1.54, 1.807) is 24.3 Å². The lowest BCUT2D eigenvalue weighted by Gasteiger charge is -2.26. The summed E-state index contributed by atoms with van der Waals surface area (Å²) in [6.07, 6.45) is 3.69. The van der Waals surface area contributed by atoms with Crippen LogP contribution in [0, 0.1) is 17.7 Å². The summed E-state index contributed by atoms with van der Waals surface area (Å²) in [7, 11) is 0. The number of nitrogens with zero attached hydrogens (tertiary/aromatic N) is 1. The third-order valence-electron chi connectivity index (χ3n) is 6.85. The first-order valence-corrected chi connectivity index (χ1v) is 12.1. The van der Waals surface area contributed by atoms with Crippen molar-refractivity contribution in [2.75, 3.05) is 26.3 Å². The number of carboxylic acids is 1. The highest BCUT2D eigenvalue weighted by Gasteiger charge is 2.17. The third-order valence-corrected chi connectivity index (χ3v) is 6.85. The van der Waals surface area contributed by atoms with E-state index >= 15 is 4.39 Å². The molecule has 6 nitrogen and oxygen atoms in total. The molecule has 3 heterocycles. The number of ether oxygens (including phenoxy) is 1. The number of aromatic nitrogens is 2. The number of carbonyl (C=O) groups is 1. The smallest absolute Gasteiger partial charge is 0.336 e. The molecule has 1 saturated heterocycles. The third kappa shape index (κ3) is 4.38. The monoisotopic (exact) mass is 493 g/mol. The highest BCUT2D eigenvalue weighted by atomic mass is 19.1. The van der Waals surface area contributed by atoms with Crippen molar-refractivity contribution in [3.8, 4) is 23.0 Å². The molecule has 0 saturated carbocycles. The number of aromatic carboxylic acids is 1. The maximum Gasteiger partial charge on any atom is 0.336 e. The molecule has 1 aliphatic rings. The number of hydrogen-bond donors (Lipinski definition) is 3. The fourth-order valence-electron chi connectivity index (χ4n) is 4.93. The molecule has 0 atom stereocenters. The molecule has 1 fully saturated rings. The second-order valence-electron chi connectivity index (χ2n) is 9.12. The number of rotatable bonds is 4. The van der Waals surface area contributed by atoms with Crippen LogP contribution in [0.15, 0.2) is 67.0 Å². The number of morpholine rings is 1. The summed E-state index contributed by atoms with van der Waals surface area (Å²) in [5, 5.41) is 11.7. The summed E-state index contributed by atoms with van der Waals surface area (Å²) in [5.41, 5.74) is 4.50. The summed E-state index contributed by atoms with van der Waals surface area (Å²) in [6.45, 7) is 3.85. The Balaban J connectivity index is 1.38. The Hall–Kier alpha value is -4.38. The molecule has 0 bridgehead atoms. The van der Waals surface area contributed by atoms with Crippen LogP contribution in [0.4, 0.5) is 4.39 Å². The van der Waals surface area contributed by atoms with Crippen LogP contribution in [0.5, 0.6) is 0 Å². The lowest BCUT2D eigenvalue weighted by Crippen LogP contribution is -2.35. The number of halogens is 1. The summed E-state index contributed by atoms with van der Waals surface area (Å²) in [4.78, 5) is 20.6. The number of nitrogens with one attached hydrogen (secondary N) is 2. The Kier molecular flexibility index (Phi) is 5.97. The molecule has 6 rings (SSSR count). The topological polar surface area (TPSA) is 81.3 Å². The standard InChI is InChI=1S/C30H24FN3O3/c31-28-21(8-9-24-23(17-33-29(24)28)18-34-12-14-37-15-13-34)6-5-20-2-1-3-25(30(35)36)27(20)22-7-4-19-10-11-32-26(19)16-22/h1-4,7-11,16-17,32-33H,12-15,18H2,(H,35,36). The number of H-pyrrole nitrogens is 2. The SMILES string of the molecule is O=C(O)c1cccc(C#Cc2ccc3c(CN4CCOCC4)c[nH]c3c2F)c1-c1ccc2cc[nH]c2c1. The predicted octanol–water partition coefficient (Wildman–Crippen LogP) is 5.39. The van der Waals surface area contributed by atoms with Gasteiger partial charge in [-0.1, -0.05) is 36.1 Å². The molecule has 1 aliphatic heterocycles. The van der Waals surface area contributed by atoms with Crippen LogP contribution in [-0.2, 0) is 11.3 Å². The number of benzene rings is 3. The second kappa shape index (κ2) is 9.58. The molecule has 0 radical (unpaired) electrons. The highest BCUT2D eigenvalue weighted by molar-refractivity contribution is 5.99. The van der Waals surface area contributed by atoms with Gasteiger partial charge in [0.05, 0.1) is 29.9 Å². The highest BCUT2D eigenvalue weighted by Crippen LogP contribution is 2.31. The molecule has 0 amide bonds.